The van der Waals surface area contributed by atoms with Crippen LogP contribution in [0.25, 0.3) is 183 Å². The highest BCUT2D eigenvalue weighted by Crippen LogP contribution is 2.43. The van der Waals surface area contributed by atoms with E-state index >= 15 is 0 Å². The molecule has 0 unspecified atom stereocenters. The molecule has 0 aliphatic heterocycles. The van der Waals surface area contributed by atoms with Crippen molar-refractivity contribution in [3.63, 3.8) is 0 Å². The summed E-state index contributed by atoms with van der Waals surface area (Å²) in [5.41, 5.74) is 23.9. The maximum absolute atomic E-state index is 6.60. The first-order valence-electron chi connectivity index (χ1n) is 31.9. The van der Waals surface area contributed by atoms with Crippen molar-refractivity contribution in [3.8, 4) is 95.7 Å². The number of aromatic nitrogens is 6. The van der Waals surface area contributed by atoms with Crippen molar-refractivity contribution >= 4 is 87.4 Å². The molecule has 7 heteroatoms. The molecule has 0 spiro atoms. The predicted molar refractivity (Wildman–Crippen MR) is 388 cm³/mol. The minimum Gasteiger partial charge on any atom is -0.456 e. The van der Waals surface area contributed by atoms with E-state index in [1.54, 1.807) is 0 Å². The average molecular weight is 1200 g/mol. The Morgan fingerprint density at radius 1 is 0.202 bits per heavy atom. The number of benzene rings is 14. The van der Waals surface area contributed by atoms with Crippen LogP contribution in [0.5, 0.6) is 0 Å². The smallest absolute Gasteiger partial charge is 0.164 e. The first kappa shape index (κ1) is 53.2. The molecule has 14 aromatic carbocycles. The van der Waals surface area contributed by atoms with Crippen molar-refractivity contribution in [2.45, 2.75) is 0 Å². The summed E-state index contributed by atoms with van der Waals surface area (Å²) < 4.78 is 13.8. The third kappa shape index (κ3) is 8.70. The molecule has 0 saturated heterocycles. The lowest BCUT2D eigenvalue weighted by molar-refractivity contribution is 0.669. The molecule has 0 aliphatic rings. The number of nitrogens with zero attached hydrogens (tertiary/aromatic N) is 6. The summed E-state index contributed by atoms with van der Waals surface area (Å²) >= 11 is 0. The summed E-state index contributed by atoms with van der Waals surface area (Å²) in [7, 11) is 0. The summed E-state index contributed by atoms with van der Waals surface area (Å²) in [6, 6.07) is 117. The summed E-state index contributed by atoms with van der Waals surface area (Å²) in [5, 5.41) is 9.22. The second-order valence-corrected chi connectivity index (χ2v) is 24.3. The Morgan fingerprint density at radius 2 is 0.564 bits per heavy atom. The van der Waals surface area contributed by atoms with Gasteiger partial charge in [-0.05, 0) is 154 Å². The average Bonchev–Trinajstić information content (AvgIpc) is 1.59. The number of hydrogen-bond donors (Lipinski definition) is 0. The first-order chi connectivity index (χ1) is 46.6. The van der Waals surface area contributed by atoms with Gasteiger partial charge >= 0.3 is 0 Å². The summed E-state index contributed by atoms with van der Waals surface area (Å²) in [4.78, 5) is 15.2. The van der Waals surface area contributed by atoms with Gasteiger partial charge in [0.2, 0.25) is 0 Å². The highest BCUT2D eigenvalue weighted by atomic mass is 16.3. The van der Waals surface area contributed by atoms with Crippen LogP contribution in [0.2, 0.25) is 0 Å². The molecule has 438 valence electrons. The number of furan rings is 1. The van der Waals surface area contributed by atoms with Crippen molar-refractivity contribution in [2.75, 3.05) is 0 Å². The van der Waals surface area contributed by atoms with E-state index < -0.39 is 0 Å². The molecule has 0 N–H and O–H groups in total. The van der Waals surface area contributed by atoms with E-state index in [0.717, 1.165) is 89.0 Å². The lowest BCUT2D eigenvalue weighted by Crippen LogP contribution is -2.00. The van der Waals surface area contributed by atoms with E-state index in [-0.39, 0.29) is 0 Å². The standard InChI is InChI=1S/C87H54N6O/c1-5-18-55(19-6-1)56-32-41-66(42-33-56)91-76-29-15-13-26-68(76)72-50-60(37-46-78(72)91)61-38-47-79-73(51-61)69-27-14-16-30-77(69)92(79)67-43-34-57(35-44-67)64-36-45-70-74-52-62(39-48-80(74)93(81(70)54-64)65-24-11-4-12-25-65)63-40-49-82-75(53-63)84-71(28-17-31-83(84)94-82)87-89-85(58-20-7-2-8-21-58)88-86(90-87)59-22-9-3-10-23-59/h1-54H. The van der Waals surface area contributed by atoms with Crippen molar-refractivity contribution in [2.24, 2.45) is 0 Å². The Bertz CT molecular complexity index is 6130. The normalized spacial score (nSPS) is 11.8. The summed E-state index contributed by atoms with van der Waals surface area (Å²) in [5.74, 6) is 1.81. The fourth-order valence-corrected chi connectivity index (χ4v) is 14.5. The van der Waals surface area contributed by atoms with E-state index in [9.17, 15) is 0 Å². The van der Waals surface area contributed by atoms with Crippen LogP contribution in [0, 0.1) is 0 Å². The van der Waals surface area contributed by atoms with E-state index in [2.05, 4.69) is 268 Å². The van der Waals surface area contributed by atoms with E-state index in [4.69, 9.17) is 19.4 Å². The number of rotatable bonds is 10. The lowest BCUT2D eigenvalue weighted by Gasteiger charge is -2.11. The van der Waals surface area contributed by atoms with Gasteiger partial charge in [-0.1, -0.05) is 218 Å². The Labute approximate surface area is 540 Å². The van der Waals surface area contributed by atoms with Crippen LogP contribution in [0.4, 0.5) is 0 Å². The van der Waals surface area contributed by atoms with E-state index in [1.165, 1.54) is 76.6 Å². The molecule has 0 radical (unpaired) electrons. The van der Waals surface area contributed by atoms with Crippen molar-refractivity contribution < 1.29 is 4.42 Å². The molecule has 0 aliphatic carbocycles. The number of hydrogen-bond acceptors (Lipinski definition) is 4. The molecule has 0 bridgehead atoms. The van der Waals surface area contributed by atoms with Gasteiger partial charge in [-0.25, -0.2) is 15.0 Å². The van der Waals surface area contributed by atoms with Crippen LogP contribution in [0.3, 0.4) is 0 Å². The molecule has 7 nitrogen and oxygen atoms in total. The maximum Gasteiger partial charge on any atom is 0.164 e. The van der Waals surface area contributed by atoms with Gasteiger partial charge in [0, 0.05) is 76.8 Å². The van der Waals surface area contributed by atoms with Crippen LogP contribution in [0.1, 0.15) is 0 Å². The second-order valence-electron chi connectivity index (χ2n) is 24.3. The van der Waals surface area contributed by atoms with Crippen LogP contribution < -0.4 is 0 Å². The van der Waals surface area contributed by atoms with Gasteiger partial charge in [0.15, 0.2) is 17.5 Å². The fraction of sp³-hybridized carbons (Fsp3) is 0. The lowest BCUT2D eigenvalue weighted by atomic mass is 9.98. The van der Waals surface area contributed by atoms with E-state index in [0.29, 0.717) is 17.5 Å². The van der Waals surface area contributed by atoms with Gasteiger partial charge in [0.25, 0.3) is 0 Å². The third-order valence-corrected chi connectivity index (χ3v) is 18.9. The van der Waals surface area contributed by atoms with Crippen LogP contribution in [0.15, 0.2) is 332 Å². The molecule has 5 aromatic heterocycles. The monoisotopic (exact) mass is 1200 g/mol. The molecule has 0 saturated carbocycles. The largest absolute Gasteiger partial charge is 0.456 e. The van der Waals surface area contributed by atoms with Crippen molar-refractivity contribution in [3.05, 3.63) is 328 Å². The van der Waals surface area contributed by atoms with Gasteiger partial charge < -0.3 is 18.1 Å². The fourth-order valence-electron chi connectivity index (χ4n) is 14.5. The van der Waals surface area contributed by atoms with Gasteiger partial charge in [-0.3, -0.25) is 0 Å². The first-order valence-corrected chi connectivity index (χ1v) is 31.9. The Morgan fingerprint density at radius 3 is 1.10 bits per heavy atom. The zero-order valence-electron chi connectivity index (χ0n) is 50.8. The Kier molecular flexibility index (Phi) is 12.1. The topological polar surface area (TPSA) is 66.6 Å². The minimum absolute atomic E-state index is 0.586. The minimum atomic E-state index is 0.586. The SMILES string of the molecule is c1ccc(-c2ccc(-n3c4ccccc4c4cc(-c5ccc6c(c5)c5ccccc5n6-c5ccc(-c6ccc7c8cc(-c9ccc%10oc%11cccc(-c%12nc(-c%13ccccc%13)nc(-c%13ccccc%13)n%12)c%11c%10c9)ccc8n(-c8ccccc8)c7c6)cc5)ccc43)cc2)cc1. The highest BCUT2D eigenvalue weighted by molar-refractivity contribution is 6.16. The van der Waals surface area contributed by atoms with Gasteiger partial charge in [-0.2, -0.15) is 0 Å². The van der Waals surface area contributed by atoms with Gasteiger partial charge in [0.05, 0.1) is 33.1 Å². The molecule has 5 heterocycles. The molecule has 0 atom stereocenters. The Balaban J connectivity index is 0.668. The van der Waals surface area contributed by atoms with Crippen molar-refractivity contribution in [1.82, 2.24) is 28.7 Å². The molecule has 94 heavy (non-hydrogen) atoms. The molecule has 0 fully saturated rings. The predicted octanol–water partition coefficient (Wildman–Crippen LogP) is 22.7. The molecule has 19 rings (SSSR count). The van der Waals surface area contributed by atoms with Crippen LogP contribution >= 0.6 is 0 Å². The summed E-state index contributed by atoms with van der Waals surface area (Å²) in [6.45, 7) is 0. The quantitative estimate of drug-likeness (QED) is 0.137. The molecular weight excluding hydrogens is 1140 g/mol. The maximum atomic E-state index is 6.60. The molecule has 19 aromatic rings. The van der Waals surface area contributed by atoms with Gasteiger partial charge in [-0.15, -0.1) is 0 Å². The van der Waals surface area contributed by atoms with Crippen LogP contribution in [-0.2, 0) is 0 Å². The van der Waals surface area contributed by atoms with Crippen LogP contribution in [-0.4, -0.2) is 28.7 Å². The summed E-state index contributed by atoms with van der Waals surface area (Å²) in [6.07, 6.45) is 0. The van der Waals surface area contributed by atoms with E-state index in [1.807, 2.05) is 72.8 Å². The zero-order valence-corrected chi connectivity index (χ0v) is 50.8. The second kappa shape index (κ2) is 21.5. The highest BCUT2D eigenvalue weighted by Gasteiger charge is 2.22. The third-order valence-electron chi connectivity index (χ3n) is 18.9. The van der Waals surface area contributed by atoms with Gasteiger partial charge in [0.1, 0.15) is 11.2 Å². The molecule has 0 amide bonds. The number of para-hydroxylation sites is 3. The Hall–Kier alpha value is -12.7. The molecular formula is C87H54N6O. The zero-order chi connectivity index (χ0) is 61.8. The number of fused-ring (bicyclic) bond motifs is 12. The van der Waals surface area contributed by atoms with Crippen molar-refractivity contribution in [1.29, 1.82) is 0 Å².